The lowest BCUT2D eigenvalue weighted by Gasteiger charge is -2.21. The van der Waals surface area contributed by atoms with E-state index < -0.39 is 12.1 Å². The third-order valence-corrected chi connectivity index (χ3v) is 5.97. The Kier molecular flexibility index (Phi) is 7.30. The second kappa shape index (κ2) is 10.4. The molecule has 188 valence electrons. The number of hydrogen-bond acceptors (Lipinski definition) is 6. The van der Waals surface area contributed by atoms with E-state index in [1.807, 2.05) is 12.1 Å². The summed E-state index contributed by atoms with van der Waals surface area (Å²) >= 11 is 6.27. The number of carbonyl (C=O) groups is 2. The Labute approximate surface area is 209 Å². The molecule has 0 bridgehead atoms. The van der Waals surface area contributed by atoms with Crippen LogP contribution in [-0.4, -0.2) is 53.0 Å². The summed E-state index contributed by atoms with van der Waals surface area (Å²) in [6.45, 7) is -0.0178. The van der Waals surface area contributed by atoms with Crippen LogP contribution in [0, 0.1) is 0 Å². The lowest BCUT2D eigenvalue weighted by atomic mass is 10.0. The molecule has 2 amide bonds. The van der Waals surface area contributed by atoms with Crippen LogP contribution in [0.15, 0.2) is 48.7 Å². The Morgan fingerprint density at radius 2 is 1.75 bits per heavy atom. The van der Waals surface area contributed by atoms with E-state index >= 15 is 0 Å². The summed E-state index contributed by atoms with van der Waals surface area (Å²) in [5.41, 5.74) is 3.26. The van der Waals surface area contributed by atoms with Crippen LogP contribution < -0.4 is 16.0 Å². The number of nitrogens with zero attached hydrogens (tertiary/aromatic N) is 3. The van der Waals surface area contributed by atoms with Gasteiger partial charge >= 0.3 is 12.1 Å². The number of rotatable bonds is 5. The largest absolute Gasteiger partial charge is 0.471 e. The summed E-state index contributed by atoms with van der Waals surface area (Å²) < 4.78 is 38.5. The van der Waals surface area contributed by atoms with Crippen LogP contribution in [0.1, 0.15) is 21.5 Å². The van der Waals surface area contributed by atoms with E-state index in [2.05, 4.69) is 25.9 Å². The van der Waals surface area contributed by atoms with Gasteiger partial charge in [0, 0.05) is 25.8 Å². The molecule has 0 spiro atoms. The van der Waals surface area contributed by atoms with Gasteiger partial charge in [-0.25, -0.2) is 4.98 Å². The first-order valence-electron chi connectivity index (χ1n) is 11.0. The van der Waals surface area contributed by atoms with Crippen molar-refractivity contribution in [1.29, 1.82) is 0 Å². The van der Waals surface area contributed by atoms with Gasteiger partial charge in [-0.2, -0.15) is 18.2 Å². The second-order valence-corrected chi connectivity index (χ2v) is 8.45. The first-order valence-corrected chi connectivity index (χ1v) is 11.4. The molecular weight excluding hydrogens is 497 g/mol. The zero-order valence-corrected chi connectivity index (χ0v) is 19.9. The van der Waals surface area contributed by atoms with Gasteiger partial charge in [0.1, 0.15) is 5.02 Å². The number of halogens is 4. The Bertz CT molecular complexity index is 1300. The average Bonchev–Trinajstić information content (AvgIpc) is 3.07. The predicted octanol–water partition coefficient (Wildman–Crippen LogP) is 4.47. The zero-order valence-electron chi connectivity index (χ0n) is 19.1. The van der Waals surface area contributed by atoms with Crippen molar-refractivity contribution in [2.24, 2.45) is 0 Å². The molecule has 0 saturated heterocycles. The Morgan fingerprint density at radius 3 is 2.47 bits per heavy atom. The fraction of sp³-hybridized carbons (Fsp3) is 0.250. The van der Waals surface area contributed by atoms with Crippen molar-refractivity contribution in [1.82, 2.24) is 20.2 Å². The highest BCUT2D eigenvalue weighted by Gasteiger charge is 2.42. The van der Waals surface area contributed by atoms with Gasteiger partial charge in [0.05, 0.1) is 17.4 Å². The third kappa shape index (κ3) is 5.68. The van der Waals surface area contributed by atoms with E-state index in [1.54, 1.807) is 30.3 Å². The minimum atomic E-state index is -4.89. The Balaban J connectivity index is 1.51. The van der Waals surface area contributed by atoms with Crippen LogP contribution >= 0.6 is 11.6 Å². The molecule has 0 fully saturated rings. The first kappa shape index (κ1) is 25.2. The van der Waals surface area contributed by atoms with Gasteiger partial charge in [-0.15, -0.1) is 0 Å². The van der Waals surface area contributed by atoms with Gasteiger partial charge in [0.2, 0.25) is 5.95 Å². The normalized spacial score (nSPS) is 13.4. The standard InChI is InChI=1S/C24H22ClF3N6O2/c1-29-21(35)17-4-2-3-5-19(17)32-20-18(25)13-30-23(33-20)31-16-7-6-14-8-10-34(11-9-15(14)12-16)22(36)24(26,27)28/h2-7,12-13H,8-11H2,1H3,(H,29,35)(H2,30,31,32,33). The number of hydrogen-bond donors (Lipinski definition) is 3. The summed E-state index contributed by atoms with van der Waals surface area (Å²) in [5.74, 6) is -1.59. The average molecular weight is 519 g/mol. The maximum absolute atomic E-state index is 12.8. The van der Waals surface area contributed by atoms with Gasteiger partial charge in [-0.05, 0) is 48.2 Å². The van der Waals surface area contributed by atoms with Gasteiger partial charge in [-0.3, -0.25) is 9.59 Å². The van der Waals surface area contributed by atoms with E-state index in [4.69, 9.17) is 11.6 Å². The number of fused-ring (bicyclic) bond motifs is 1. The number of anilines is 4. The number of carbonyl (C=O) groups excluding carboxylic acids is 2. The molecule has 0 unspecified atom stereocenters. The van der Waals surface area contributed by atoms with Gasteiger partial charge in [0.15, 0.2) is 5.82 Å². The molecule has 0 aliphatic carbocycles. The van der Waals surface area contributed by atoms with Crippen molar-refractivity contribution in [2.45, 2.75) is 19.0 Å². The van der Waals surface area contributed by atoms with Crippen molar-refractivity contribution in [3.8, 4) is 0 Å². The van der Waals surface area contributed by atoms with E-state index in [0.717, 1.165) is 16.0 Å². The summed E-state index contributed by atoms with van der Waals surface area (Å²) in [4.78, 5) is 33.2. The molecule has 1 aliphatic rings. The monoisotopic (exact) mass is 518 g/mol. The van der Waals surface area contributed by atoms with Crippen LogP contribution in [0.5, 0.6) is 0 Å². The second-order valence-electron chi connectivity index (χ2n) is 8.04. The smallest absolute Gasteiger partial charge is 0.355 e. The molecule has 2 heterocycles. The molecule has 1 aromatic heterocycles. The molecule has 3 N–H and O–H groups in total. The fourth-order valence-corrected chi connectivity index (χ4v) is 4.02. The lowest BCUT2D eigenvalue weighted by Crippen LogP contribution is -2.42. The molecule has 3 aromatic rings. The van der Waals surface area contributed by atoms with Gasteiger partial charge in [-0.1, -0.05) is 29.8 Å². The number of alkyl halides is 3. The van der Waals surface area contributed by atoms with Crippen LogP contribution in [0.3, 0.4) is 0 Å². The molecule has 0 saturated carbocycles. The zero-order chi connectivity index (χ0) is 25.9. The van der Waals surface area contributed by atoms with Crippen molar-refractivity contribution < 1.29 is 22.8 Å². The number of aromatic nitrogens is 2. The van der Waals surface area contributed by atoms with Gasteiger partial charge in [0.25, 0.3) is 5.91 Å². The molecule has 12 heteroatoms. The van der Waals surface area contributed by atoms with E-state index in [1.165, 1.54) is 13.2 Å². The first-order chi connectivity index (χ1) is 17.2. The van der Waals surface area contributed by atoms with Gasteiger partial charge < -0.3 is 20.9 Å². The van der Waals surface area contributed by atoms with E-state index in [0.29, 0.717) is 23.4 Å². The number of benzene rings is 2. The minimum absolute atomic E-state index is 0.00493. The molecule has 8 nitrogen and oxygen atoms in total. The van der Waals surface area contributed by atoms with Crippen molar-refractivity contribution in [2.75, 3.05) is 30.8 Å². The van der Waals surface area contributed by atoms with Crippen molar-refractivity contribution in [3.63, 3.8) is 0 Å². The third-order valence-electron chi connectivity index (χ3n) is 5.69. The highest BCUT2D eigenvalue weighted by Crippen LogP contribution is 2.28. The predicted molar refractivity (Wildman–Crippen MR) is 130 cm³/mol. The van der Waals surface area contributed by atoms with E-state index in [9.17, 15) is 22.8 Å². The molecule has 2 aromatic carbocycles. The molecule has 1 aliphatic heterocycles. The van der Waals surface area contributed by atoms with Crippen LogP contribution in [0.2, 0.25) is 5.02 Å². The maximum atomic E-state index is 12.8. The SMILES string of the molecule is CNC(=O)c1ccccc1Nc1nc(Nc2ccc3c(c2)CCN(C(=O)C(F)(F)F)CC3)ncc1Cl. The maximum Gasteiger partial charge on any atom is 0.471 e. The summed E-state index contributed by atoms with van der Waals surface area (Å²) in [6.07, 6.45) is -2.86. The fourth-order valence-electron chi connectivity index (χ4n) is 3.88. The molecule has 4 rings (SSSR count). The van der Waals surface area contributed by atoms with E-state index in [-0.39, 0.29) is 42.2 Å². The number of nitrogens with one attached hydrogen (secondary N) is 3. The highest BCUT2D eigenvalue weighted by atomic mass is 35.5. The Hall–Kier alpha value is -3.86. The van der Waals surface area contributed by atoms with Crippen LogP contribution in [-0.2, 0) is 17.6 Å². The number of para-hydroxylation sites is 1. The van der Waals surface area contributed by atoms with Crippen molar-refractivity contribution in [3.05, 3.63) is 70.4 Å². The minimum Gasteiger partial charge on any atom is -0.355 e. The van der Waals surface area contributed by atoms with Crippen molar-refractivity contribution >= 4 is 46.6 Å². The topological polar surface area (TPSA) is 99.2 Å². The van der Waals surface area contributed by atoms with Crippen LogP contribution in [0.25, 0.3) is 0 Å². The summed E-state index contributed by atoms with van der Waals surface area (Å²) in [7, 11) is 1.53. The quantitative estimate of drug-likeness (QED) is 0.461. The lowest BCUT2D eigenvalue weighted by molar-refractivity contribution is -0.185. The molecule has 0 atom stereocenters. The summed E-state index contributed by atoms with van der Waals surface area (Å²) in [5, 5.41) is 8.95. The van der Waals surface area contributed by atoms with Crippen LogP contribution in [0.4, 0.5) is 36.3 Å². The number of amides is 2. The molecule has 36 heavy (non-hydrogen) atoms. The molecule has 0 radical (unpaired) electrons. The molecular formula is C24H22ClF3N6O2. The summed E-state index contributed by atoms with van der Waals surface area (Å²) in [6, 6.07) is 12.3. The Morgan fingerprint density at radius 1 is 1.03 bits per heavy atom. The highest BCUT2D eigenvalue weighted by molar-refractivity contribution is 6.33.